The van der Waals surface area contributed by atoms with E-state index in [0.717, 1.165) is 11.0 Å². The van der Waals surface area contributed by atoms with Crippen LogP contribution in [0.2, 0.25) is 0 Å². The van der Waals surface area contributed by atoms with Gasteiger partial charge in [-0.3, -0.25) is 0 Å². The molecule has 9 nitrogen and oxygen atoms in total. The van der Waals surface area contributed by atoms with Crippen LogP contribution in [0, 0.1) is 10.1 Å². The summed E-state index contributed by atoms with van der Waals surface area (Å²) in [6.45, 7) is 0. The maximum Gasteiger partial charge on any atom is 0.491 e. The average molecular weight is 207 g/mol. The molecule has 0 aliphatic carbocycles. The summed E-state index contributed by atoms with van der Waals surface area (Å²) in [6, 6.07) is 0. The molecule has 2 heterocycles. The van der Waals surface area contributed by atoms with Crippen molar-refractivity contribution in [2.75, 3.05) is 5.73 Å². The third-order valence-corrected chi connectivity index (χ3v) is 1.57. The molecule has 15 heavy (non-hydrogen) atoms. The van der Waals surface area contributed by atoms with E-state index in [-0.39, 0.29) is 11.6 Å². The van der Waals surface area contributed by atoms with E-state index in [0.29, 0.717) is 0 Å². The molecular weight excluding hydrogens is 202 g/mol. The van der Waals surface area contributed by atoms with Crippen LogP contribution >= 0.6 is 0 Å². The first kappa shape index (κ1) is 8.99. The summed E-state index contributed by atoms with van der Waals surface area (Å²) >= 11 is 0. The zero-order valence-corrected chi connectivity index (χ0v) is 7.31. The summed E-state index contributed by atoms with van der Waals surface area (Å²) in [5.74, 6) is -0.185. The highest BCUT2D eigenvalue weighted by Crippen LogP contribution is 2.10. The quantitative estimate of drug-likeness (QED) is 0.521. The Labute approximate surface area is 82.7 Å². The van der Waals surface area contributed by atoms with Gasteiger partial charge >= 0.3 is 5.95 Å². The molecule has 9 heteroatoms. The van der Waals surface area contributed by atoms with Crippen molar-refractivity contribution in [3.63, 3.8) is 0 Å². The second-order valence-electron chi connectivity index (χ2n) is 2.51. The van der Waals surface area contributed by atoms with E-state index in [1.165, 1.54) is 12.4 Å². The van der Waals surface area contributed by atoms with Gasteiger partial charge in [-0.05, 0) is 4.92 Å². The number of nitrogen functional groups attached to an aromatic ring is 1. The predicted molar refractivity (Wildman–Crippen MR) is 48.0 cm³/mol. The van der Waals surface area contributed by atoms with Gasteiger partial charge in [0.2, 0.25) is 12.1 Å². The van der Waals surface area contributed by atoms with E-state index in [1.807, 2.05) is 0 Å². The highest BCUT2D eigenvalue weighted by atomic mass is 16.6. The lowest BCUT2D eigenvalue weighted by atomic mass is 10.6. The number of hydrogen-bond donors (Lipinski definition) is 1. The Balaban J connectivity index is 2.46. The van der Waals surface area contributed by atoms with E-state index < -0.39 is 10.9 Å². The van der Waals surface area contributed by atoms with Gasteiger partial charge in [0.1, 0.15) is 0 Å². The number of aromatic nitrogens is 5. The molecule has 0 radical (unpaired) electrons. The van der Waals surface area contributed by atoms with Gasteiger partial charge in [0.05, 0.1) is 0 Å². The number of anilines is 1. The minimum atomic E-state index is -0.705. The SMILES string of the molecule is Nc1nccnc1-n1cnc([N+](=O)[O-])n1. The summed E-state index contributed by atoms with van der Waals surface area (Å²) in [6.07, 6.45) is 3.96. The van der Waals surface area contributed by atoms with Crippen LogP contribution in [-0.4, -0.2) is 29.7 Å². The van der Waals surface area contributed by atoms with Crippen molar-refractivity contribution in [3.05, 3.63) is 28.8 Å². The third-order valence-electron chi connectivity index (χ3n) is 1.57. The minimum absolute atomic E-state index is 0.122. The zero-order valence-electron chi connectivity index (χ0n) is 7.31. The van der Waals surface area contributed by atoms with Gasteiger partial charge in [-0.2, -0.15) is 0 Å². The number of hydrogen-bond acceptors (Lipinski definition) is 7. The lowest BCUT2D eigenvalue weighted by Gasteiger charge is -1.96. The highest BCUT2D eigenvalue weighted by Gasteiger charge is 2.16. The molecule has 0 saturated carbocycles. The fourth-order valence-corrected chi connectivity index (χ4v) is 0.958. The van der Waals surface area contributed by atoms with Gasteiger partial charge in [-0.1, -0.05) is 4.98 Å². The Morgan fingerprint density at radius 3 is 2.67 bits per heavy atom. The fraction of sp³-hybridized carbons (Fsp3) is 0. The Kier molecular flexibility index (Phi) is 1.97. The van der Waals surface area contributed by atoms with E-state index in [2.05, 4.69) is 20.1 Å². The first-order valence-corrected chi connectivity index (χ1v) is 3.81. The van der Waals surface area contributed by atoms with Crippen LogP contribution in [0.25, 0.3) is 5.82 Å². The first-order chi connectivity index (χ1) is 7.18. The Bertz CT molecular complexity index is 508. The Morgan fingerprint density at radius 2 is 2.07 bits per heavy atom. The Hall–Kier alpha value is -2.58. The van der Waals surface area contributed by atoms with E-state index in [4.69, 9.17) is 5.73 Å². The largest absolute Gasteiger partial charge is 0.491 e. The van der Waals surface area contributed by atoms with E-state index in [1.54, 1.807) is 0 Å². The molecule has 0 atom stereocenters. The smallest absolute Gasteiger partial charge is 0.390 e. The van der Waals surface area contributed by atoms with Gasteiger partial charge < -0.3 is 15.8 Å². The maximum absolute atomic E-state index is 10.3. The molecule has 0 spiro atoms. The molecule has 0 aliphatic heterocycles. The standard InChI is InChI=1S/C6H5N7O2/c7-4-5(9-2-1-8-4)12-3-10-6(11-12)13(14)15/h1-3H,(H2,7,8). The monoisotopic (exact) mass is 207 g/mol. The summed E-state index contributed by atoms with van der Waals surface area (Å²) in [5.41, 5.74) is 5.51. The van der Waals surface area contributed by atoms with Crippen molar-refractivity contribution in [3.8, 4) is 5.82 Å². The maximum atomic E-state index is 10.3. The summed E-state index contributed by atoms with van der Waals surface area (Å²) in [4.78, 5) is 20.7. The van der Waals surface area contributed by atoms with Crippen molar-refractivity contribution in [1.82, 2.24) is 24.7 Å². The second kappa shape index (κ2) is 3.29. The van der Waals surface area contributed by atoms with Crippen molar-refractivity contribution >= 4 is 11.8 Å². The molecular formula is C6H5N7O2. The van der Waals surface area contributed by atoms with Crippen LogP contribution in [-0.2, 0) is 0 Å². The van der Waals surface area contributed by atoms with Gasteiger partial charge in [0.15, 0.2) is 5.82 Å². The van der Waals surface area contributed by atoms with Gasteiger partial charge in [0, 0.05) is 17.5 Å². The van der Waals surface area contributed by atoms with Crippen LogP contribution in [0.4, 0.5) is 11.8 Å². The van der Waals surface area contributed by atoms with Crippen LogP contribution in [0.5, 0.6) is 0 Å². The number of nitrogens with two attached hydrogens (primary N) is 1. The van der Waals surface area contributed by atoms with Crippen molar-refractivity contribution in [2.24, 2.45) is 0 Å². The van der Waals surface area contributed by atoms with Crippen molar-refractivity contribution in [1.29, 1.82) is 0 Å². The molecule has 0 aliphatic rings. The number of nitro groups is 1. The van der Waals surface area contributed by atoms with Crippen LogP contribution in [0.3, 0.4) is 0 Å². The molecule has 0 aromatic carbocycles. The van der Waals surface area contributed by atoms with E-state index >= 15 is 0 Å². The first-order valence-electron chi connectivity index (χ1n) is 3.81. The van der Waals surface area contributed by atoms with Crippen molar-refractivity contribution < 1.29 is 4.92 Å². The fourth-order valence-electron chi connectivity index (χ4n) is 0.958. The average Bonchev–Trinajstić information content (AvgIpc) is 2.67. The highest BCUT2D eigenvalue weighted by molar-refractivity contribution is 5.44. The van der Waals surface area contributed by atoms with Crippen LogP contribution in [0.1, 0.15) is 0 Å². The van der Waals surface area contributed by atoms with Gasteiger partial charge in [-0.25, -0.2) is 9.97 Å². The molecule has 0 saturated heterocycles. The predicted octanol–water partition coefficient (Wildman–Crippen LogP) is -0.452. The normalized spacial score (nSPS) is 10.1. The van der Waals surface area contributed by atoms with Crippen molar-refractivity contribution in [2.45, 2.75) is 0 Å². The molecule has 2 aromatic rings. The van der Waals surface area contributed by atoms with Crippen LogP contribution < -0.4 is 5.73 Å². The molecule has 0 fully saturated rings. The lowest BCUT2D eigenvalue weighted by molar-refractivity contribution is -0.394. The van der Waals surface area contributed by atoms with Gasteiger partial charge in [0.25, 0.3) is 0 Å². The van der Waals surface area contributed by atoms with Gasteiger partial charge in [-0.15, -0.1) is 4.68 Å². The molecule has 2 N–H and O–H groups in total. The Morgan fingerprint density at radius 1 is 1.33 bits per heavy atom. The molecule has 0 unspecified atom stereocenters. The summed E-state index contributed by atoms with van der Waals surface area (Å²) in [5, 5.41) is 13.9. The van der Waals surface area contributed by atoms with Crippen LogP contribution in [0.15, 0.2) is 18.7 Å². The molecule has 0 bridgehead atoms. The lowest BCUT2D eigenvalue weighted by Crippen LogP contribution is -2.05. The molecule has 2 aromatic heterocycles. The van der Waals surface area contributed by atoms with E-state index in [9.17, 15) is 10.1 Å². The third kappa shape index (κ3) is 1.57. The summed E-state index contributed by atoms with van der Waals surface area (Å²) < 4.78 is 1.10. The number of rotatable bonds is 2. The number of nitrogens with zero attached hydrogens (tertiary/aromatic N) is 6. The minimum Gasteiger partial charge on any atom is -0.390 e. The zero-order chi connectivity index (χ0) is 10.8. The second-order valence-corrected chi connectivity index (χ2v) is 2.51. The topological polar surface area (TPSA) is 126 Å². The molecule has 0 amide bonds. The summed E-state index contributed by atoms with van der Waals surface area (Å²) in [7, 11) is 0. The molecule has 2 rings (SSSR count). The molecule has 76 valence electrons.